The number of hydrogen-bond acceptors (Lipinski definition) is 8. The zero-order valence-corrected chi connectivity index (χ0v) is 23.5. The van der Waals surface area contributed by atoms with Crippen molar-refractivity contribution >= 4 is 28.9 Å². The van der Waals surface area contributed by atoms with Crippen LogP contribution < -0.4 is 33.0 Å². The van der Waals surface area contributed by atoms with Gasteiger partial charge in [-0.2, -0.15) is 0 Å². The maximum absolute atomic E-state index is 13.5. The molecule has 0 fully saturated rings. The summed E-state index contributed by atoms with van der Waals surface area (Å²) in [6, 6.07) is 12.1. The van der Waals surface area contributed by atoms with Crippen molar-refractivity contribution in [3.63, 3.8) is 0 Å². The Balaban J connectivity index is 1.91. The number of nitrogens with one attached hydrogen (secondary N) is 4. The van der Waals surface area contributed by atoms with Crippen LogP contribution in [-0.4, -0.2) is 38.7 Å². The molecule has 0 bridgehead atoms. The summed E-state index contributed by atoms with van der Waals surface area (Å²) in [6.45, 7) is 7.80. The van der Waals surface area contributed by atoms with E-state index < -0.39 is 11.8 Å². The lowest BCUT2D eigenvalue weighted by Gasteiger charge is -2.22. The first-order chi connectivity index (χ1) is 19.0. The number of rotatable bonds is 13. The lowest BCUT2D eigenvalue weighted by atomic mass is 10.0. The van der Waals surface area contributed by atoms with Crippen LogP contribution in [-0.2, 0) is 17.9 Å². The van der Waals surface area contributed by atoms with E-state index in [2.05, 4.69) is 27.9 Å². The monoisotopic (exact) mass is 548 g/mol. The van der Waals surface area contributed by atoms with Crippen molar-refractivity contribution in [2.75, 3.05) is 16.4 Å². The molecule has 0 aliphatic heterocycles. The fourth-order valence-corrected chi connectivity index (χ4v) is 4.26. The van der Waals surface area contributed by atoms with Crippen LogP contribution in [0.4, 0.5) is 17.2 Å². The molecule has 0 aliphatic carbocycles. The quantitative estimate of drug-likeness (QED) is 0.0735. The summed E-state index contributed by atoms with van der Waals surface area (Å²) in [5, 5.41) is 27.1. The summed E-state index contributed by atoms with van der Waals surface area (Å²) in [5.74, 6) is -0.237. The van der Waals surface area contributed by atoms with Crippen LogP contribution in [0.3, 0.4) is 0 Å². The summed E-state index contributed by atoms with van der Waals surface area (Å²) in [4.78, 5) is 30.8. The summed E-state index contributed by atoms with van der Waals surface area (Å²) < 4.78 is 1.36. The first-order valence-corrected chi connectivity index (χ1v) is 13.4. The maximum Gasteiger partial charge on any atom is 0.294 e. The van der Waals surface area contributed by atoms with Crippen LogP contribution in [0.25, 0.3) is 11.3 Å². The first kappa shape index (κ1) is 30.2. The summed E-state index contributed by atoms with van der Waals surface area (Å²) >= 11 is 0. The van der Waals surface area contributed by atoms with E-state index in [-0.39, 0.29) is 42.6 Å². The molecule has 11 heteroatoms. The van der Waals surface area contributed by atoms with Gasteiger partial charge in [-0.05, 0) is 44.0 Å². The average Bonchev–Trinajstić information content (AvgIpc) is 2.89. The highest BCUT2D eigenvalue weighted by atomic mass is 16.3. The number of nitrogens with two attached hydrogens (primary N) is 2. The fraction of sp³-hybridized carbons (Fsp3) is 0.379. The molecule has 1 heterocycles. The zero-order chi connectivity index (χ0) is 29.4. The van der Waals surface area contributed by atoms with Crippen molar-refractivity contribution in [3.05, 3.63) is 70.1 Å². The van der Waals surface area contributed by atoms with Gasteiger partial charge in [0.15, 0.2) is 5.82 Å². The SMILES string of the molecule is CCCC(C)C(O)Nc1cc(N)cc(-c2cnc(NC(C)C)c(=O)n2CC(=O)NCc2ccc(C(=N)N)cc2)c1. The largest absolute Gasteiger partial charge is 0.399 e. The number of amidine groups is 1. The molecule has 9 N–H and O–H groups in total. The number of nitrogen functional groups attached to an aromatic ring is 2. The minimum atomic E-state index is -0.775. The Hall–Kier alpha value is -4.38. The van der Waals surface area contributed by atoms with Gasteiger partial charge in [-0.1, -0.05) is 44.5 Å². The number of amides is 1. The number of aliphatic hydroxyl groups excluding tert-OH is 1. The number of anilines is 3. The van der Waals surface area contributed by atoms with Gasteiger partial charge in [0.1, 0.15) is 18.6 Å². The zero-order valence-electron chi connectivity index (χ0n) is 23.5. The number of carbonyl (C=O) groups is 1. The number of aromatic nitrogens is 2. The van der Waals surface area contributed by atoms with Crippen molar-refractivity contribution in [2.45, 2.75) is 65.9 Å². The van der Waals surface area contributed by atoms with E-state index in [9.17, 15) is 14.7 Å². The van der Waals surface area contributed by atoms with Gasteiger partial charge < -0.3 is 32.5 Å². The second-order valence-electron chi connectivity index (χ2n) is 10.3. The van der Waals surface area contributed by atoms with Gasteiger partial charge in [-0.25, -0.2) is 4.98 Å². The van der Waals surface area contributed by atoms with Gasteiger partial charge in [0.25, 0.3) is 5.56 Å². The van der Waals surface area contributed by atoms with E-state index in [1.54, 1.807) is 42.5 Å². The normalized spacial score (nSPS) is 12.6. The molecule has 40 heavy (non-hydrogen) atoms. The Labute approximate surface area is 234 Å². The van der Waals surface area contributed by atoms with E-state index in [4.69, 9.17) is 16.9 Å². The Morgan fingerprint density at radius 3 is 2.45 bits per heavy atom. The summed E-state index contributed by atoms with van der Waals surface area (Å²) in [5.41, 5.74) is 14.7. The molecule has 2 unspecified atom stereocenters. The van der Waals surface area contributed by atoms with Crippen molar-refractivity contribution < 1.29 is 9.90 Å². The smallest absolute Gasteiger partial charge is 0.294 e. The lowest BCUT2D eigenvalue weighted by Crippen LogP contribution is -2.35. The highest BCUT2D eigenvalue weighted by Gasteiger charge is 2.18. The molecule has 2 atom stereocenters. The Morgan fingerprint density at radius 1 is 1.12 bits per heavy atom. The molecule has 0 radical (unpaired) electrons. The number of benzene rings is 2. The molecular weight excluding hydrogens is 508 g/mol. The highest BCUT2D eigenvalue weighted by molar-refractivity contribution is 5.94. The van der Waals surface area contributed by atoms with Crippen LogP contribution in [0.5, 0.6) is 0 Å². The molecule has 0 saturated heterocycles. The molecule has 11 nitrogen and oxygen atoms in total. The van der Waals surface area contributed by atoms with Crippen molar-refractivity contribution in [2.24, 2.45) is 11.7 Å². The van der Waals surface area contributed by atoms with Crippen LogP contribution in [0, 0.1) is 11.3 Å². The predicted octanol–water partition coefficient (Wildman–Crippen LogP) is 3.08. The lowest BCUT2D eigenvalue weighted by molar-refractivity contribution is -0.121. The standard InChI is InChI=1S/C29H40N8O3/c1-5-6-18(4)28(39)36-23-12-21(11-22(30)13-23)24-15-34-27(35-17(2)3)29(40)37(24)16-25(38)33-14-19-7-9-20(10-8-19)26(31)32/h7-13,15,17-18,28,36,39H,5-6,14,16,30H2,1-4H3,(H3,31,32)(H,33,38)(H,34,35). The second kappa shape index (κ2) is 13.6. The second-order valence-corrected chi connectivity index (χ2v) is 10.3. The number of nitrogens with zero attached hydrogens (tertiary/aromatic N) is 2. The minimum Gasteiger partial charge on any atom is -0.399 e. The predicted molar refractivity (Wildman–Crippen MR) is 160 cm³/mol. The summed E-state index contributed by atoms with van der Waals surface area (Å²) in [6.07, 6.45) is 2.56. The van der Waals surface area contributed by atoms with E-state index in [1.165, 1.54) is 10.8 Å². The number of aliphatic hydroxyl groups is 1. The molecule has 214 valence electrons. The van der Waals surface area contributed by atoms with Crippen LogP contribution >= 0.6 is 0 Å². The van der Waals surface area contributed by atoms with Crippen molar-refractivity contribution in [3.8, 4) is 11.3 Å². The van der Waals surface area contributed by atoms with Crippen molar-refractivity contribution in [1.82, 2.24) is 14.9 Å². The van der Waals surface area contributed by atoms with Gasteiger partial charge in [0, 0.05) is 41.0 Å². The minimum absolute atomic E-state index is 0.0264. The molecule has 1 amide bonds. The van der Waals surface area contributed by atoms with Crippen molar-refractivity contribution in [1.29, 1.82) is 5.41 Å². The Morgan fingerprint density at radius 2 is 1.82 bits per heavy atom. The van der Waals surface area contributed by atoms with E-state index in [0.29, 0.717) is 28.2 Å². The molecule has 3 rings (SSSR count). The molecule has 3 aromatic rings. The average molecular weight is 549 g/mol. The van der Waals surface area contributed by atoms with Gasteiger partial charge in [0.05, 0.1) is 11.9 Å². The molecule has 0 saturated carbocycles. The highest BCUT2D eigenvalue weighted by Crippen LogP contribution is 2.27. The number of hydrogen-bond donors (Lipinski definition) is 7. The Kier molecular flexibility index (Phi) is 10.3. The van der Waals surface area contributed by atoms with E-state index in [0.717, 1.165) is 18.4 Å². The fourth-order valence-electron chi connectivity index (χ4n) is 4.26. The van der Waals surface area contributed by atoms with Crippen LogP contribution in [0.2, 0.25) is 0 Å². The molecular formula is C29H40N8O3. The van der Waals surface area contributed by atoms with Crippen LogP contribution in [0.15, 0.2) is 53.5 Å². The topological polar surface area (TPSA) is 184 Å². The van der Waals surface area contributed by atoms with E-state index >= 15 is 0 Å². The van der Waals surface area contributed by atoms with Crippen LogP contribution in [0.1, 0.15) is 51.7 Å². The van der Waals surface area contributed by atoms with Gasteiger partial charge in [-0.15, -0.1) is 0 Å². The molecule has 2 aromatic carbocycles. The molecule has 1 aromatic heterocycles. The molecule has 0 spiro atoms. The maximum atomic E-state index is 13.5. The number of carbonyl (C=O) groups excluding carboxylic acids is 1. The third kappa shape index (κ3) is 8.06. The third-order valence-electron chi connectivity index (χ3n) is 6.38. The summed E-state index contributed by atoms with van der Waals surface area (Å²) in [7, 11) is 0. The third-order valence-corrected chi connectivity index (χ3v) is 6.38. The van der Waals surface area contributed by atoms with E-state index in [1.807, 2.05) is 20.8 Å². The van der Waals surface area contributed by atoms with Gasteiger partial charge in [0.2, 0.25) is 5.91 Å². The first-order valence-electron chi connectivity index (χ1n) is 13.4. The Bertz CT molecular complexity index is 1390. The van der Waals surface area contributed by atoms with Gasteiger partial charge >= 0.3 is 0 Å². The van der Waals surface area contributed by atoms with Gasteiger partial charge in [-0.3, -0.25) is 19.6 Å². The molecule has 0 aliphatic rings.